The maximum absolute atomic E-state index is 11.8. The number of rotatable bonds is 8. The molecule has 3 heteroatoms. The zero-order valence-electron chi connectivity index (χ0n) is 13.2. The van der Waals surface area contributed by atoms with Gasteiger partial charge in [0.2, 0.25) is 5.91 Å². The summed E-state index contributed by atoms with van der Waals surface area (Å²) in [6, 6.07) is 10.7. The van der Waals surface area contributed by atoms with Crippen molar-refractivity contribution in [2.75, 3.05) is 6.54 Å². The summed E-state index contributed by atoms with van der Waals surface area (Å²) in [6.45, 7) is 8.77. The van der Waals surface area contributed by atoms with E-state index in [1.54, 1.807) is 0 Å². The molecule has 1 aromatic carbocycles. The van der Waals surface area contributed by atoms with Gasteiger partial charge < -0.3 is 10.6 Å². The normalized spacial score (nSPS) is 13.0. The van der Waals surface area contributed by atoms with Crippen LogP contribution in [0.3, 0.4) is 0 Å². The van der Waals surface area contributed by atoms with Crippen molar-refractivity contribution < 1.29 is 4.79 Å². The Balaban J connectivity index is 2.32. The molecular formula is C17H28N2O. The topological polar surface area (TPSA) is 41.1 Å². The zero-order valence-corrected chi connectivity index (χ0v) is 13.2. The predicted octanol–water partition coefficient (Wildman–Crippen LogP) is 2.90. The van der Waals surface area contributed by atoms with E-state index < -0.39 is 0 Å². The van der Waals surface area contributed by atoms with E-state index in [0.717, 1.165) is 19.3 Å². The summed E-state index contributed by atoms with van der Waals surface area (Å²) in [5, 5.41) is 6.32. The van der Waals surface area contributed by atoms with Gasteiger partial charge in [0, 0.05) is 11.6 Å². The van der Waals surface area contributed by atoms with Crippen molar-refractivity contribution >= 4 is 5.91 Å². The molecule has 0 aromatic heterocycles. The number of amides is 1. The molecule has 112 valence electrons. The van der Waals surface area contributed by atoms with Gasteiger partial charge in [-0.15, -0.1) is 0 Å². The number of carbonyl (C=O) groups is 1. The highest BCUT2D eigenvalue weighted by atomic mass is 16.1. The molecule has 20 heavy (non-hydrogen) atoms. The molecule has 3 nitrogen and oxygen atoms in total. The smallest absolute Gasteiger partial charge is 0.234 e. The van der Waals surface area contributed by atoms with Crippen molar-refractivity contribution in [3.8, 4) is 0 Å². The van der Waals surface area contributed by atoms with Crippen LogP contribution in [0.15, 0.2) is 30.3 Å². The van der Waals surface area contributed by atoms with Gasteiger partial charge in [-0.1, -0.05) is 37.3 Å². The van der Waals surface area contributed by atoms with Crippen molar-refractivity contribution in [1.82, 2.24) is 10.6 Å². The van der Waals surface area contributed by atoms with Crippen molar-refractivity contribution in [3.05, 3.63) is 35.9 Å². The van der Waals surface area contributed by atoms with Gasteiger partial charge in [0.25, 0.3) is 0 Å². The minimum atomic E-state index is -0.0391. The number of hydrogen-bond donors (Lipinski definition) is 2. The Morgan fingerprint density at radius 2 is 1.90 bits per heavy atom. The van der Waals surface area contributed by atoms with Crippen molar-refractivity contribution in [3.63, 3.8) is 0 Å². The molecule has 0 heterocycles. The van der Waals surface area contributed by atoms with E-state index in [9.17, 15) is 4.79 Å². The van der Waals surface area contributed by atoms with E-state index in [1.165, 1.54) is 5.56 Å². The molecule has 1 amide bonds. The SMILES string of the molecule is CCC(C)NC(=O)CNC(C)(C)CCc1ccccc1. The number of nitrogens with one attached hydrogen (secondary N) is 2. The molecule has 1 atom stereocenters. The average Bonchev–Trinajstić information content (AvgIpc) is 2.44. The monoisotopic (exact) mass is 276 g/mol. The fraction of sp³-hybridized carbons (Fsp3) is 0.588. The Morgan fingerprint density at radius 3 is 2.50 bits per heavy atom. The number of aryl methyl sites for hydroxylation is 1. The van der Waals surface area contributed by atoms with Crippen molar-refractivity contribution in [1.29, 1.82) is 0 Å². The molecule has 0 spiro atoms. The number of benzene rings is 1. The minimum absolute atomic E-state index is 0.0391. The zero-order chi connectivity index (χ0) is 15.0. The fourth-order valence-electron chi connectivity index (χ4n) is 1.94. The van der Waals surface area contributed by atoms with Gasteiger partial charge >= 0.3 is 0 Å². The summed E-state index contributed by atoms with van der Waals surface area (Å²) < 4.78 is 0. The first kappa shape index (κ1) is 16.7. The van der Waals surface area contributed by atoms with Crippen LogP contribution in [0, 0.1) is 0 Å². The molecule has 1 aromatic rings. The highest BCUT2D eigenvalue weighted by Gasteiger charge is 2.18. The van der Waals surface area contributed by atoms with E-state index in [4.69, 9.17) is 0 Å². The molecule has 0 fully saturated rings. The number of hydrogen-bond acceptors (Lipinski definition) is 2. The summed E-state index contributed by atoms with van der Waals surface area (Å²) in [5.41, 5.74) is 1.30. The summed E-state index contributed by atoms with van der Waals surface area (Å²) in [6.07, 6.45) is 2.99. The maximum Gasteiger partial charge on any atom is 0.234 e. The van der Waals surface area contributed by atoms with Gasteiger partial charge in [0.05, 0.1) is 6.54 Å². The first-order valence-electron chi connectivity index (χ1n) is 7.51. The predicted molar refractivity (Wildman–Crippen MR) is 84.7 cm³/mol. The van der Waals surface area contributed by atoms with Crippen molar-refractivity contribution in [2.45, 2.75) is 58.5 Å². The number of carbonyl (C=O) groups excluding carboxylic acids is 1. The van der Waals surface area contributed by atoms with Gasteiger partial charge in [-0.2, -0.15) is 0 Å². The van der Waals surface area contributed by atoms with Crippen LogP contribution in [0.1, 0.15) is 46.1 Å². The lowest BCUT2D eigenvalue weighted by molar-refractivity contribution is -0.121. The van der Waals surface area contributed by atoms with Crippen LogP contribution in [0.25, 0.3) is 0 Å². The van der Waals surface area contributed by atoms with Gasteiger partial charge in [0.1, 0.15) is 0 Å². The van der Waals surface area contributed by atoms with E-state index >= 15 is 0 Å². The molecule has 0 saturated carbocycles. The lowest BCUT2D eigenvalue weighted by Crippen LogP contribution is -2.47. The molecule has 0 aliphatic carbocycles. The Hall–Kier alpha value is -1.35. The van der Waals surface area contributed by atoms with Gasteiger partial charge in [0.15, 0.2) is 0 Å². The van der Waals surface area contributed by atoms with E-state index in [0.29, 0.717) is 6.54 Å². The lowest BCUT2D eigenvalue weighted by Gasteiger charge is -2.26. The summed E-state index contributed by atoms with van der Waals surface area (Å²) in [7, 11) is 0. The molecule has 2 N–H and O–H groups in total. The summed E-state index contributed by atoms with van der Waals surface area (Å²) in [5.74, 6) is 0.0761. The van der Waals surface area contributed by atoms with E-state index in [1.807, 2.05) is 13.0 Å². The largest absolute Gasteiger partial charge is 0.353 e. The first-order valence-corrected chi connectivity index (χ1v) is 7.51. The quantitative estimate of drug-likeness (QED) is 0.766. The van der Waals surface area contributed by atoms with Crippen LogP contribution in [0.5, 0.6) is 0 Å². The standard InChI is InChI=1S/C17H28N2O/c1-5-14(2)19-16(20)13-18-17(3,4)12-11-15-9-7-6-8-10-15/h6-10,14,18H,5,11-13H2,1-4H3,(H,19,20). The molecular weight excluding hydrogens is 248 g/mol. The van der Waals surface area contributed by atoms with Crippen LogP contribution in [-0.4, -0.2) is 24.0 Å². The van der Waals surface area contributed by atoms with Crippen LogP contribution < -0.4 is 10.6 Å². The van der Waals surface area contributed by atoms with Gasteiger partial charge in [-0.05, 0) is 45.6 Å². The summed E-state index contributed by atoms with van der Waals surface area (Å²) in [4.78, 5) is 11.8. The molecule has 0 radical (unpaired) electrons. The van der Waals surface area contributed by atoms with Crippen molar-refractivity contribution in [2.24, 2.45) is 0 Å². The second kappa shape index (κ2) is 8.05. The second-order valence-corrected chi connectivity index (χ2v) is 6.10. The Morgan fingerprint density at radius 1 is 1.25 bits per heavy atom. The Bertz CT molecular complexity index is 401. The van der Waals surface area contributed by atoms with E-state index in [2.05, 4.69) is 55.7 Å². The maximum atomic E-state index is 11.8. The van der Waals surface area contributed by atoms with E-state index in [-0.39, 0.29) is 17.5 Å². The molecule has 0 bridgehead atoms. The van der Waals surface area contributed by atoms with Crippen LogP contribution >= 0.6 is 0 Å². The second-order valence-electron chi connectivity index (χ2n) is 6.10. The average molecular weight is 276 g/mol. The molecule has 0 aliphatic heterocycles. The molecule has 1 rings (SSSR count). The molecule has 1 unspecified atom stereocenters. The highest BCUT2D eigenvalue weighted by Crippen LogP contribution is 2.13. The third-order valence-corrected chi connectivity index (χ3v) is 3.63. The Kier molecular flexibility index (Phi) is 6.73. The van der Waals surface area contributed by atoms with Gasteiger partial charge in [-0.3, -0.25) is 4.79 Å². The molecule has 0 aliphatic rings. The third-order valence-electron chi connectivity index (χ3n) is 3.63. The molecule has 0 saturated heterocycles. The highest BCUT2D eigenvalue weighted by molar-refractivity contribution is 5.78. The van der Waals surface area contributed by atoms with Crippen LogP contribution in [0.2, 0.25) is 0 Å². The Labute approximate surface area is 123 Å². The minimum Gasteiger partial charge on any atom is -0.353 e. The van der Waals surface area contributed by atoms with Crippen LogP contribution in [-0.2, 0) is 11.2 Å². The fourth-order valence-corrected chi connectivity index (χ4v) is 1.94. The summed E-state index contributed by atoms with van der Waals surface area (Å²) >= 11 is 0. The van der Waals surface area contributed by atoms with Crippen LogP contribution in [0.4, 0.5) is 0 Å². The van der Waals surface area contributed by atoms with Gasteiger partial charge in [-0.25, -0.2) is 0 Å². The third kappa shape index (κ3) is 6.71. The lowest BCUT2D eigenvalue weighted by atomic mass is 9.95. The first-order chi connectivity index (χ1) is 9.43.